The van der Waals surface area contributed by atoms with E-state index in [1.54, 1.807) is 0 Å². The summed E-state index contributed by atoms with van der Waals surface area (Å²) >= 11 is 0. The Kier molecular flexibility index (Phi) is 6.21. The van der Waals surface area contributed by atoms with Gasteiger partial charge in [0.2, 0.25) is 0 Å². The minimum absolute atomic E-state index is 0.345. The first-order valence-electron chi connectivity index (χ1n) is 4.92. The molecule has 82 valence electrons. The van der Waals surface area contributed by atoms with Crippen molar-refractivity contribution >= 4 is 5.97 Å². The Labute approximate surface area is 86.9 Å². The SMILES string of the molecule is C=CC(=O)OCC[N+](C)(C)CCC[CH2-]. The van der Waals surface area contributed by atoms with Gasteiger partial charge in [0.05, 0.1) is 20.6 Å². The molecule has 0 bridgehead atoms. The van der Waals surface area contributed by atoms with Gasteiger partial charge in [0.15, 0.2) is 0 Å². The Morgan fingerprint density at radius 3 is 2.64 bits per heavy atom. The molecule has 0 amide bonds. The molecule has 0 saturated heterocycles. The first kappa shape index (κ1) is 13.2. The Balaban J connectivity index is 3.64. The highest BCUT2D eigenvalue weighted by molar-refractivity contribution is 5.81. The number of rotatable bonds is 7. The predicted octanol–water partition coefficient (Wildman–Crippen LogP) is 1.41. The second-order valence-corrected chi connectivity index (χ2v) is 3.96. The molecular weight excluding hydrogens is 178 g/mol. The molecule has 0 aliphatic carbocycles. The smallest absolute Gasteiger partial charge is 0.330 e. The number of hydrogen-bond acceptors (Lipinski definition) is 2. The molecular formula is C11H21NO2. The molecule has 3 nitrogen and oxygen atoms in total. The molecule has 0 aromatic carbocycles. The van der Waals surface area contributed by atoms with Gasteiger partial charge >= 0.3 is 5.97 Å². The third kappa shape index (κ3) is 6.66. The van der Waals surface area contributed by atoms with Crippen molar-refractivity contribution in [1.29, 1.82) is 0 Å². The van der Waals surface area contributed by atoms with E-state index in [-0.39, 0.29) is 5.97 Å². The Morgan fingerprint density at radius 1 is 1.50 bits per heavy atom. The molecule has 14 heavy (non-hydrogen) atoms. The summed E-state index contributed by atoms with van der Waals surface area (Å²) in [5.74, 6) is -0.345. The molecule has 0 saturated carbocycles. The standard InChI is InChI=1S/C11H21NO2/c1-5-7-8-12(3,4)9-10-14-11(13)6-2/h6H,1-2,5,7-10H2,3-4H3. The van der Waals surface area contributed by atoms with E-state index in [9.17, 15) is 4.79 Å². The van der Waals surface area contributed by atoms with Crippen molar-refractivity contribution in [1.82, 2.24) is 0 Å². The number of hydrogen-bond donors (Lipinski definition) is 0. The molecule has 0 aromatic heterocycles. The third-order valence-corrected chi connectivity index (χ3v) is 2.12. The molecule has 0 atom stereocenters. The van der Waals surface area contributed by atoms with Gasteiger partial charge in [-0.25, -0.2) is 4.79 Å². The van der Waals surface area contributed by atoms with Gasteiger partial charge in [0.25, 0.3) is 0 Å². The average molecular weight is 199 g/mol. The van der Waals surface area contributed by atoms with Crippen molar-refractivity contribution in [3.8, 4) is 0 Å². The maximum absolute atomic E-state index is 10.8. The lowest BCUT2D eigenvalue weighted by Crippen LogP contribution is -2.43. The fraction of sp³-hybridized carbons (Fsp3) is 0.636. The van der Waals surface area contributed by atoms with E-state index in [0.29, 0.717) is 6.61 Å². The second-order valence-electron chi connectivity index (χ2n) is 3.96. The fourth-order valence-electron chi connectivity index (χ4n) is 1.10. The van der Waals surface area contributed by atoms with E-state index >= 15 is 0 Å². The van der Waals surface area contributed by atoms with Gasteiger partial charge in [-0.15, -0.1) is 0 Å². The highest BCUT2D eigenvalue weighted by atomic mass is 16.5. The summed E-state index contributed by atoms with van der Waals surface area (Å²) in [5, 5.41) is 0. The van der Waals surface area contributed by atoms with E-state index in [1.807, 2.05) is 0 Å². The number of carbonyl (C=O) groups is 1. The van der Waals surface area contributed by atoms with Crippen molar-refractivity contribution in [3.05, 3.63) is 19.6 Å². The van der Waals surface area contributed by atoms with Crippen molar-refractivity contribution in [2.24, 2.45) is 0 Å². The van der Waals surface area contributed by atoms with Gasteiger partial charge in [-0.3, -0.25) is 0 Å². The van der Waals surface area contributed by atoms with Crippen molar-refractivity contribution in [2.75, 3.05) is 33.8 Å². The lowest BCUT2D eigenvalue weighted by atomic mass is 10.3. The van der Waals surface area contributed by atoms with E-state index < -0.39 is 0 Å². The van der Waals surface area contributed by atoms with Gasteiger partial charge in [0.1, 0.15) is 13.2 Å². The zero-order chi connectivity index (χ0) is 11.0. The summed E-state index contributed by atoms with van der Waals surface area (Å²) in [6.45, 7) is 9.49. The number of likely N-dealkylation sites (N-methyl/N-ethyl adjacent to an activating group) is 1. The van der Waals surface area contributed by atoms with Crippen LogP contribution in [0.5, 0.6) is 0 Å². The lowest BCUT2D eigenvalue weighted by molar-refractivity contribution is -0.890. The molecule has 0 unspecified atom stereocenters. The molecule has 0 fully saturated rings. The number of quaternary nitrogens is 1. The largest absolute Gasteiger partial charge is 0.457 e. The lowest BCUT2D eigenvalue weighted by Gasteiger charge is -2.29. The van der Waals surface area contributed by atoms with Gasteiger partial charge in [-0.2, -0.15) is 6.42 Å². The molecule has 0 radical (unpaired) electrons. The minimum atomic E-state index is -0.345. The van der Waals surface area contributed by atoms with Gasteiger partial charge < -0.3 is 16.1 Å². The summed E-state index contributed by atoms with van der Waals surface area (Å²) in [4.78, 5) is 10.8. The number of esters is 1. The molecule has 3 heteroatoms. The molecule has 0 aliphatic rings. The van der Waals surface area contributed by atoms with Crippen LogP contribution in [0.2, 0.25) is 0 Å². The molecule has 0 aromatic rings. The number of ether oxygens (including phenoxy) is 1. The maximum Gasteiger partial charge on any atom is 0.330 e. The maximum atomic E-state index is 10.8. The number of nitrogens with zero attached hydrogens (tertiary/aromatic N) is 1. The Hall–Kier alpha value is -0.830. The van der Waals surface area contributed by atoms with Crippen LogP contribution in [0.3, 0.4) is 0 Å². The topological polar surface area (TPSA) is 26.3 Å². The Morgan fingerprint density at radius 2 is 2.14 bits per heavy atom. The monoisotopic (exact) mass is 199 g/mol. The summed E-state index contributed by atoms with van der Waals surface area (Å²) in [6, 6.07) is 0. The van der Waals surface area contributed by atoms with Crippen LogP contribution in [0.1, 0.15) is 12.8 Å². The first-order valence-corrected chi connectivity index (χ1v) is 4.92. The van der Waals surface area contributed by atoms with E-state index in [1.165, 1.54) is 6.08 Å². The summed E-state index contributed by atoms with van der Waals surface area (Å²) in [6.07, 6.45) is 3.24. The first-order chi connectivity index (χ1) is 6.52. The van der Waals surface area contributed by atoms with Crippen LogP contribution in [0, 0.1) is 6.92 Å². The molecule has 0 rings (SSSR count). The summed E-state index contributed by atoms with van der Waals surface area (Å²) in [5.41, 5.74) is 0. The highest BCUT2D eigenvalue weighted by Gasteiger charge is 2.13. The molecule has 0 N–H and O–H groups in total. The van der Waals surface area contributed by atoms with Gasteiger partial charge in [-0.1, -0.05) is 6.58 Å². The number of carbonyl (C=O) groups excluding carboxylic acids is 1. The van der Waals surface area contributed by atoms with E-state index in [4.69, 9.17) is 4.74 Å². The van der Waals surface area contributed by atoms with Crippen LogP contribution < -0.4 is 0 Å². The highest BCUT2D eigenvalue weighted by Crippen LogP contribution is 2.01. The predicted molar refractivity (Wildman–Crippen MR) is 57.6 cm³/mol. The van der Waals surface area contributed by atoms with E-state index in [0.717, 1.165) is 30.4 Å². The van der Waals surface area contributed by atoms with Crippen LogP contribution in [-0.4, -0.2) is 44.2 Å². The second kappa shape index (κ2) is 6.60. The summed E-state index contributed by atoms with van der Waals surface area (Å²) < 4.78 is 5.78. The van der Waals surface area contributed by atoms with Crippen LogP contribution >= 0.6 is 0 Å². The molecule has 0 spiro atoms. The molecule has 0 heterocycles. The average Bonchev–Trinajstić information content (AvgIpc) is 2.14. The van der Waals surface area contributed by atoms with Crippen molar-refractivity contribution in [2.45, 2.75) is 12.8 Å². The normalized spacial score (nSPS) is 11.1. The van der Waals surface area contributed by atoms with Gasteiger partial charge in [-0.05, 0) is 6.42 Å². The van der Waals surface area contributed by atoms with Crippen molar-refractivity contribution in [3.63, 3.8) is 0 Å². The fourth-order valence-corrected chi connectivity index (χ4v) is 1.10. The quantitative estimate of drug-likeness (QED) is 0.268. The summed E-state index contributed by atoms with van der Waals surface area (Å²) in [7, 11) is 4.24. The number of unbranched alkanes of at least 4 members (excludes halogenated alkanes) is 1. The Bertz CT molecular complexity index is 188. The zero-order valence-corrected chi connectivity index (χ0v) is 9.29. The zero-order valence-electron chi connectivity index (χ0n) is 9.29. The molecule has 0 aliphatic heterocycles. The van der Waals surface area contributed by atoms with Crippen LogP contribution in [0.15, 0.2) is 12.7 Å². The third-order valence-electron chi connectivity index (χ3n) is 2.12. The van der Waals surface area contributed by atoms with Crippen LogP contribution in [-0.2, 0) is 9.53 Å². The van der Waals surface area contributed by atoms with E-state index in [2.05, 4.69) is 27.6 Å². The van der Waals surface area contributed by atoms with Gasteiger partial charge in [0, 0.05) is 6.08 Å². The minimum Gasteiger partial charge on any atom is -0.457 e. The van der Waals surface area contributed by atoms with Crippen molar-refractivity contribution < 1.29 is 14.0 Å². The van der Waals surface area contributed by atoms with Crippen LogP contribution in [0.4, 0.5) is 0 Å². The van der Waals surface area contributed by atoms with Crippen LogP contribution in [0.25, 0.3) is 0 Å².